The zero-order chi connectivity index (χ0) is 14.5. The van der Waals surface area contributed by atoms with Gasteiger partial charge >= 0.3 is 0 Å². The molecular weight excluding hydrogens is 300 g/mol. The molecule has 1 amide bonds. The summed E-state index contributed by atoms with van der Waals surface area (Å²) in [4.78, 5) is 11.8. The van der Waals surface area contributed by atoms with Crippen molar-refractivity contribution in [1.82, 2.24) is 5.32 Å². The number of benzene rings is 2. The molecule has 0 saturated heterocycles. The fourth-order valence-electron chi connectivity index (χ4n) is 1.74. The summed E-state index contributed by atoms with van der Waals surface area (Å²) in [5, 5.41) is 3.62. The minimum Gasteiger partial charge on any atom is -0.352 e. The summed E-state index contributed by atoms with van der Waals surface area (Å²) in [7, 11) is 0. The first-order valence-electron chi connectivity index (χ1n) is 6.00. The van der Waals surface area contributed by atoms with E-state index in [9.17, 15) is 9.18 Å². The summed E-state index contributed by atoms with van der Waals surface area (Å²) in [5.74, 6) is -0.560. The molecule has 20 heavy (non-hydrogen) atoms. The molecule has 0 spiro atoms. The summed E-state index contributed by atoms with van der Waals surface area (Å²) in [6.45, 7) is 0.150. The normalized spacial score (nSPS) is 10.3. The average molecular weight is 312 g/mol. The molecule has 1 N–H and O–H groups in total. The Labute approximate surface area is 126 Å². The van der Waals surface area contributed by atoms with E-state index in [1.807, 2.05) is 0 Å². The molecule has 2 aromatic carbocycles. The maximum absolute atomic E-state index is 13.4. The Morgan fingerprint density at radius 2 is 1.85 bits per heavy atom. The van der Waals surface area contributed by atoms with Gasteiger partial charge in [-0.1, -0.05) is 47.5 Å². The van der Waals surface area contributed by atoms with Gasteiger partial charge in [0, 0.05) is 22.2 Å². The minimum atomic E-state index is -0.336. The van der Waals surface area contributed by atoms with Gasteiger partial charge in [-0.15, -0.1) is 0 Å². The highest BCUT2D eigenvalue weighted by Gasteiger charge is 2.08. The van der Waals surface area contributed by atoms with E-state index in [2.05, 4.69) is 5.32 Å². The molecular formula is C15H12Cl2FNO. The van der Waals surface area contributed by atoms with Gasteiger partial charge in [-0.3, -0.25) is 4.79 Å². The van der Waals surface area contributed by atoms with E-state index < -0.39 is 0 Å². The maximum Gasteiger partial charge on any atom is 0.224 e. The van der Waals surface area contributed by atoms with Crippen molar-refractivity contribution in [2.75, 3.05) is 0 Å². The van der Waals surface area contributed by atoms with Crippen LogP contribution in [-0.4, -0.2) is 5.91 Å². The third-order valence-corrected chi connectivity index (χ3v) is 3.39. The number of carbonyl (C=O) groups is 1. The quantitative estimate of drug-likeness (QED) is 0.908. The lowest BCUT2D eigenvalue weighted by atomic mass is 10.1. The van der Waals surface area contributed by atoms with Crippen LogP contribution in [0.25, 0.3) is 0 Å². The van der Waals surface area contributed by atoms with Crippen LogP contribution < -0.4 is 5.32 Å². The molecule has 5 heteroatoms. The van der Waals surface area contributed by atoms with Crippen LogP contribution in [0.3, 0.4) is 0 Å². The van der Waals surface area contributed by atoms with Crippen LogP contribution in [-0.2, 0) is 17.8 Å². The van der Waals surface area contributed by atoms with Gasteiger partial charge in [0.2, 0.25) is 5.91 Å². The predicted octanol–water partition coefficient (Wildman–Crippen LogP) is 3.99. The summed E-state index contributed by atoms with van der Waals surface area (Å²) in [6.07, 6.45) is 0.129. The number of carbonyl (C=O) groups excluding carboxylic acids is 1. The van der Waals surface area contributed by atoms with E-state index in [4.69, 9.17) is 23.2 Å². The van der Waals surface area contributed by atoms with Crippen molar-refractivity contribution >= 4 is 29.1 Å². The largest absolute Gasteiger partial charge is 0.352 e. The van der Waals surface area contributed by atoms with Crippen LogP contribution in [0.2, 0.25) is 10.0 Å². The Morgan fingerprint density at radius 3 is 2.55 bits per heavy atom. The topological polar surface area (TPSA) is 29.1 Å². The molecule has 0 unspecified atom stereocenters. The standard InChI is InChI=1S/C15H12Cl2FNO/c16-12-6-5-10(13(17)8-12)7-15(20)19-9-11-3-1-2-4-14(11)18/h1-6,8H,7,9H2,(H,19,20). The fourth-order valence-corrected chi connectivity index (χ4v) is 2.21. The van der Waals surface area contributed by atoms with Crippen LogP contribution in [0.1, 0.15) is 11.1 Å². The number of nitrogens with one attached hydrogen (secondary N) is 1. The number of hydrogen-bond donors (Lipinski definition) is 1. The number of halogens is 3. The zero-order valence-electron chi connectivity index (χ0n) is 10.5. The van der Waals surface area contributed by atoms with E-state index in [0.29, 0.717) is 21.2 Å². The number of rotatable bonds is 4. The first-order chi connectivity index (χ1) is 9.56. The SMILES string of the molecule is O=C(Cc1ccc(Cl)cc1Cl)NCc1ccccc1F. The van der Waals surface area contributed by atoms with Gasteiger partial charge in [0.15, 0.2) is 0 Å². The molecule has 0 atom stereocenters. The van der Waals surface area contributed by atoms with Gasteiger partial charge < -0.3 is 5.32 Å². The third kappa shape index (κ3) is 3.95. The van der Waals surface area contributed by atoms with Crippen molar-refractivity contribution in [3.63, 3.8) is 0 Å². The maximum atomic E-state index is 13.4. The zero-order valence-corrected chi connectivity index (χ0v) is 12.0. The molecule has 104 valence electrons. The molecule has 0 aliphatic heterocycles. The fraction of sp³-hybridized carbons (Fsp3) is 0.133. The van der Waals surface area contributed by atoms with E-state index in [0.717, 1.165) is 0 Å². The molecule has 2 rings (SSSR count). The first-order valence-corrected chi connectivity index (χ1v) is 6.76. The lowest BCUT2D eigenvalue weighted by Crippen LogP contribution is -2.25. The van der Waals surface area contributed by atoms with Gasteiger partial charge in [-0.05, 0) is 23.8 Å². The first kappa shape index (κ1) is 14.8. The Balaban J connectivity index is 1.94. The highest BCUT2D eigenvalue weighted by Crippen LogP contribution is 2.21. The van der Waals surface area contributed by atoms with Crippen molar-refractivity contribution < 1.29 is 9.18 Å². The highest BCUT2D eigenvalue weighted by atomic mass is 35.5. The van der Waals surface area contributed by atoms with Crippen LogP contribution in [0.4, 0.5) is 4.39 Å². The van der Waals surface area contributed by atoms with Crippen molar-refractivity contribution in [2.24, 2.45) is 0 Å². The average Bonchev–Trinajstić information content (AvgIpc) is 2.41. The number of hydrogen-bond acceptors (Lipinski definition) is 1. The molecule has 0 heterocycles. The molecule has 2 nitrogen and oxygen atoms in total. The summed E-state index contributed by atoms with van der Waals surface area (Å²) < 4.78 is 13.4. The predicted molar refractivity (Wildman–Crippen MR) is 78.4 cm³/mol. The minimum absolute atomic E-state index is 0.129. The number of amides is 1. The summed E-state index contributed by atoms with van der Waals surface area (Å²) in [6, 6.07) is 11.3. The monoisotopic (exact) mass is 311 g/mol. The van der Waals surface area contributed by atoms with E-state index >= 15 is 0 Å². The van der Waals surface area contributed by atoms with Crippen LogP contribution in [0.5, 0.6) is 0 Å². The van der Waals surface area contributed by atoms with Crippen LogP contribution in [0, 0.1) is 5.82 Å². The van der Waals surface area contributed by atoms with Crippen molar-refractivity contribution in [3.8, 4) is 0 Å². The van der Waals surface area contributed by atoms with E-state index in [1.54, 1.807) is 36.4 Å². The Hall–Kier alpha value is -1.58. The van der Waals surface area contributed by atoms with E-state index in [1.165, 1.54) is 6.07 Å². The lowest BCUT2D eigenvalue weighted by Gasteiger charge is -2.07. The third-order valence-electron chi connectivity index (χ3n) is 2.80. The molecule has 2 aromatic rings. The second kappa shape index (κ2) is 6.73. The van der Waals surface area contributed by atoms with Crippen molar-refractivity contribution in [2.45, 2.75) is 13.0 Å². The molecule has 0 aliphatic rings. The van der Waals surface area contributed by atoms with Gasteiger partial charge in [0.1, 0.15) is 5.82 Å². The second-order valence-electron chi connectivity index (χ2n) is 4.28. The van der Waals surface area contributed by atoms with Crippen LogP contribution in [0.15, 0.2) is 42.5 Å². The van der Waals surface area contributed by atoms with Crippen molar-refractivity contribution in [1.29, 1.82) is 0 Å². The summed E-state index contributed by atoms with van der Waals surface area (Å²) in [5.41, 5.74) is 1.13. The molecule has 0 radical (unpaired) electrons. The summed E-state index contributed by atoms with van der Waals surface area (Å²) >= 11 is 11.8. The lowest BCUT2D eigenvalue weighted by molar-refractivity contribution is -0.120. The van der Waals surface area contributed by atoms with Gasteiger partial charge in [-0.2, -0.15) is 0 Å². The highest BCUT2D eigenvalue weighted by molar-refractivity contribution is 6.35. The Bertz CT molecular complexity index is 631. The molecule has 0 fully saturated rings. The Morgan fingerprint density at radius 1 is 1.10 bits per heavy atom. The Kier molecular flexibility index (Phi) is 4.99. The van der Waals surface area contributed by atoms with Gasteiger partial charge in [-0.25, -0.2) is 4.39 Å². The molecule has 0 aliphatic carbocycles. The van der Waals surface area contributed by atoms with Gasteiger partial charge in [0.05, 0.1) is 6.42 Å². The van der Waals surface area contributed by atoms with Crippen LogP contribution >= 0.6 is 23.2 Å². The van der Waals surface area contributed by atoms with Gasteiger partial charge in [0.25, 0.3) is 0 Å². The molecule has 0 aromatic heterocycles. The van der Waals surface area contributed by atoms with Crippen molar-refractivity contribution in [3.05, 3.63) is 69.5 Å². The second-order valence-corrected chi connectivity index (χ2v) is 5.12. The van der Waals surface area contributed by atoms with E-state index in [-0.39, 0.29) is 24.7 Å². The smallest absolute Gasteiger partial charge is 0.224 e. The molecule has 0 saturated carbocycles. The molecule has 0 bridgehead atoms.